The summed E-state index contributed by atoms with van der Waals surface area (Å²) in [5, 5.41) is 2.70. The van der Waals surface area contributed by atoms with Gasteiger partial charge in [0.25, 0.3) is 5.91 Å². The van der Waals surface area contributed by atoms with E-state index in [1.165, 1.54) is 19.8 Å². The fourth-order valence-corrected chi connectivity index (χ4v) is 2.44. The Morgan fingerprint density at radius 1 is 1.14 bits per heavy atom. The zero-order chi connectivity index (χ0) is 15.1. The minimum atomic E-state index is -0.162. The fraction of sp³-hybridized carbons (Fsp3) is 0.500. The minimum absolute atomic E-state index is 0.00882. The van der Waals surface area contributed by atoms with Crippen molar-refractivity contribution in [3.8, 4) is 5.75 Å². The summed E-state index contributed by atoms with van der Waals surface area (Å²) >= 11 is 0. The number of nitrogens with zero attached hydrogens (tertiary/aromatic N) is 1. The van der Waals surface area contributed by atoms with E-state index in [1.54, 1.807) is 12.1 Å². The normalized spacial score (nSPS) is 15.2. The van der Waals surface area contributed by atoms with Crippen molar-refractivity contribution >= 4 is 17.5 Å². The van der Waals surface area contributed by atoms with Crippen LogP contribution in [0, 0.1) is 0 Å². The summed E-state index contributed by atoms with van der Waals surface area (Å²) in [6.07, 6.45) is 4.51. The lowest BCUT2D eigenvalue weighted by atomic mass is 10.2. The number of hydrogen-bond donors (Lipinski definition) is 1. The van der Waals surface area contributed by atoms with E-state index in [9.17, 15) is 9.59 Å². The molecule has 0 unspecified atom stereocenters. The fourth-order valence-electron chi connectivity index (χ4n) is 2.44. The van der Waals surface area contributed by atoms with Crippen molar-refractivity contribution in [2.45, 2.75) is 32.6 Å². The van der Waals surface area contributed by atoms with Crippen LogP contribution in [0.4, 0.5) is 5.69 Å². The molecule has 114 valence electrons. The van der Waals surface area contributed by atoms with Gasteiger partial charge < -0.3 is 15.0 Å². The van der Waals surface area contributed by atoms with Crippen LogP contribution in [0.3, 0.4) is 0 Å². The molecule has 2 rings (SSSR count). The highest BCUT2D eigenvalue weighted by molar-refractivity contribution is 5.90. The molecule has 0 bridgehead atoms. The first-order valence-corrected chi connectivity index (χ1v) is 7.44. The van der Waals surface area contributed by atoms with E-state index >= 15 is 0 Å². The number of rotatable bonds is 4. The predicted octanol–water partition coefficient (Wildman–Crippen LogP) is 2.43. The van der Waals surface area contributed by atoms with E-state index in [-0.39, 0.29) is 18.4 Å². The van der Waals surface area contributed by atoms with Crippen LogP contribution in [0.1, 0.15) is 32.6 Å². The number of para-hydroxylation sites is 2. The van der Waals surface area contributed by atoms with E-state index in [0.29, 0.717) is 11.4 Å². The van der Waals surface area contributed by atoms with Crippen LogP contribution in [0.25, 0.3) is 0 Å². The maximum Gasteiger partial charge on any atom is 0.260 e. The number of amides is 2. The third-order valence-electron chi connectivity index (χ3n) is 3.51. The zero-order valence-corrected chi connectivity index (χ0v) is 12.4. The molecule has 0 saturated carbocycles. The number of hydrogen-bond acceptors (Lipinski definition) is 3. The van der Waals surface area contributed by atoms with E-state index in [2.05, 4.69) is 5.32 Å². The third-order valence-corrected chi connectivity index (χ3v) is 3.51. The monoisotopic (exact) mass is 290 g/mol. The van der Waals surface area contributed by atoms with Gasteiger partial charge in [-0.1, -0.05) is 25.0 Å². The molecule has 1 aliphatic rings. The second-order valence-corrected chi connectivity index (χ2v) is 5.26. The lowest BCUT2D eigenvalue weighted by Gasteiger charge is -2.20. The van der Waals surface area contributed by atoms with Crippen LogP contribution >= 0.6 is 0 Å². The Kier molecular flexibility index (Phi) is 5.60. The SMILES string of the molecule is CC(=O)Nc1ccccc1OCC(=O)N1CCCCCC1. The highest BCUT2D eigenvalue weighted by Gasteiger charge is 2.16. The molecule has 2 amide bonds. The van der Waals surface area contributed by atoms with Gasteiger partial charge in [-0.3, -0.25) is 9.59 Å². The van der Waals surface area contributed by atoms with E-state index in [0.717, 1.165) is 25.9 Å². The molecular weight excluding hydrogens is 268 g/mol. The van der Waals surface area contributed by atoms with Gasteiger partial charge in [0.1, 0.15) is 5.75 Å². The van der Waals surface area contributed by atoms with Gasteiger partial charge in [-0.2, -0.15) is 0 Å². The summed E-state index contributed by atoms with van der Waals surface area (Å²) in [5.41, 5.74) is 0.591. The molecule has 1 aliphatic heterocycles. The smallest absolute Gasteiger partial charge is 0.260 e. The van der Waals surface area contributed by atoms with Crippen LogP contribution in [-0.2, 0) is 9.59 Å². The van der Waals surface area contributed by atoms with Crippen molar-refractivity contribution < 1.29 is 14.3 Å². The maximum atomic E-state index is 12.2. The molecule has 1 heterocycles. The molecule has 0 aliphatic carbocycles. The number of nitrogens with one attached hydrogen (secondary N) is 1. The molecule has 0 atom stereocenters. The molecule has 5 nitrogen and oxygen atoms in total. The average molecular weight is 290 g/mol. The van der Waals surface area contributed by atoms with Gasteiger partial charge in [-0.25, -0.2) is 0 Å². The van der Waals surface area contributed by atoms with Crippen LogP contribution in [0.2, 0.25) is 0 Å². The molecule has 1 N–H and O–H groups in total. The standard InChI is InChI=1S/C16H22N2O3/c1-13(19)17-14-8-4-5-9-15(14)21-12-16(20)18-10-6-2-3-7-11-18/h4-5,8-9H,2-3,6-7,10-12H2,1H3,(H,17,19). The maximum absolute atomic E-state index is 12.2. The molecule has 1 aromatic rings. The Balaban J connectivity index is 1.92. The van der Waals surface area contributed by atoms with Gasteiger partial charge in [-0.05, 0) is 25.0 Å². The van der Waals surface area contributed by atoms with E-state index in [4.69, 9.17) is 4.74 Å². The lowest BCUT2D eigenvalue weighted by molar-refractivity contribution is -0.133. The van der Waals surface area contributed by atoms with Crippen molar-refractivity contribution in [2.24, 2.45) is 0 Å². The molecule has 0 spiro atoms. The first kappa shape index (κ1) is 15.4. The van der Waals surface area contributed by atoms with Crippen molar-refractivity contribution in [1.82, 2.24) is 4.90 Å². The Hall–Kier alpha value is -2.04. The number of likely N-dealkylation sites (tertiary alicyclic amines) is 1. The second kappa shape index (κ2) is 7.67. The molecular formula is C16H22N2O3. The molecule has 0 radical (unpaired) electrons. The molecule has 5 heteroatoms. The quantitative estimate of drug-likeness (QED) is 0.926. The molecule has 21 heavy (non-hydrogen) atoms. The summed E-state index contributed by atoms with van der Waals surface area (Å²) in [4.78, 5) is 25.2. The molecule has 0 aromatic heterocycles. The topological polar surface area (TPSA) is 58.6 Å². The first-order chi connectivity index (χ1) is 10.2. The molecule has 1 aromatic carbocycles. The minimum Gasteiger partial charge on any atom is -0.482 e. The summed E-state index contributed by atoms with van der Waals surface area (Å²) in [7, 11) is 0. The number of anilines is 1. The van der Waals surface area contributed by atoms with Gasteiger partial charge in [0.2, 0.25) is 5.91 Å². The molecule has 1 fully saturated rings. The summed E-state index contributed by atoms with van der Waals surface area (Å²) in [6.45, 7) is 3.08. The van der Waals surface area contributed by atoms with Crippen LogP contribution in [0.5, 0.6) is 5.75 Å². The largest absolute Gasteiger partial charge is 0.482 e. The summed E-state index contributed by atoms with van der Waals surface area (Å²) in [6, 6.07) is 7.14. The average Bonchev–Trinajstić information content (AvgIpc) is 2.74. The lowest BCUT2D eigenvalue weighted by Crippen LogP contribution is -2.35. The van der Waals surface area contributed by atoms with Crippen molar-refractivity contribution in [1.29, 1.82) is 0 Å². The van der Waals surface area contributed by atoms with E-state index < -0.39 is 0 Å². The predicted molar refractivity (Wildman–Crippen MR) is 81.3 cm³/mol. The summed E-state index contributed by atoms with van der Waals surface area (Å²) < 4.78 is 5.59. The van der Waals surface area contributed by atoms with Crippen LogP contribution in [0.15, 0.2) is 24.3 Å². The third kappa shape index (κ3) is 4.77. The highest BCUT2D eigenvalue weighted by Crippen LogP contribution is 2.23. The second-order valence-electron chi connectivity index (χ2n) is 5.26. The number of benzene rings is 1. The van der Waals surface area contributed by atoms with Gasteiger partial charge in [0.05, 0.1) is 5.69 Å². The van der Waals surface area contributed by atoms with Gasteiger partial charge in [0, 0.05) is 20.0 Å². The van der Waals surface area contributed by atoms with Gasteiger partial charge in [-0.15, -0.1) is 0 Å². The Bertz CT molecular complexity index is 494. The first-order valence-electron chi connectivity index (χ1n) is 7.44. The highest BCUT2D eigenvalue weighted by atomic mass is 16.5. The Morgan fingerprint density at radius 2 is 1.81 bits per heavy atom. The van der Waals surface area contributed by atoms with Crippen molar-refractivity contribution in [2.75, 3.05) is 25.0 Å². The van der Waals surface area contributed by atoms with Crippen LogP contribution < -0.4 is 10.1 Å². The van der Waals surface area contributed by atoms with Gasteiger partial charge >= 0.3 is 0 Å². The van der Waals surface area contributed by atoms with Crippen molar-refractivity contribution in [3.63, 3.8) is 0 Å². The zero-order valence-electron chi connectivity index (χ0n) is 12.4. The number of ether oxygens (including phenoxy) is 1. The number of carbonyl (C=O) groups excluding carboxylic acids is 2. The number of carbonyl (C=O) groups is 2. The molecule has 1 saturated heterocycles. The van der Waals surface area contributed by atoms with Gasteiger partial charge in [0.15, 0.2) is 6.61 Å². The Morgan fingerprint density at radius 3 is 2.48 bits per heavy atom. The van der Waals surface area contributed by atoms with E-state index in [1.807, 2.05) is 17.0 Å². The Labute approximate surface area is 125 Å². The van der Waals surface area contributed by atoms with Crippen molar-refractivity contribution in [3.05, 3.63) is 24.3 Å². The van der Waals surface area contributed by atoms with Crippen LogP contribution in [-0.4, -0.2) is 36.4 Å². The summed E-state index contributed by atoms with van der Waals surface area (Å²) in [5.74, 6) is 0.371.